The summed E-state index contributed by atoms with van der Waals surface area (Å²) < 4.78 is 0. The Labute approximate surface area is 88.1 Å². The number of carbonyl (C=O) groups excluding carboxylic acids is 2. The molecule has 0 radical (unpaired) electrons. The molecule has 0 aromatic heterocycles. The standard InChI is InChI=1S/2C6H12O/c1-3-4-6(2)5-7;1-3-6(4-2)5-7/h2*5-6H,3-4H2,1-2H3. The molecule has 0 heterocycles. The highest BCUT2D eigenvalue weighted by Crippen LogP contribution is 2.01. The summed E-state index contributed by atoms with van der Waals surface area (Å²) in [7, 11) is 0. The first-order valence-electron chi connectivity index (χ1n) is 5.56. The highest BCUT2D eigenvalue weighted by molar-refractivity contribution is 5.53. The van der Waals surface area contributed by atoms with Crippen molar-refractivity contribution in [3.05, 3.63) is 0 Å². The van der Waals surface area contributed by atoms with E-state index in [-0.39, 0.29) is 5.92 Å². The molecular weight excluding hydrogens is 176 g/mol. The third kappa shape index (κ3) is 11.3. The summed E-state index contributed by atoms with van der Waals surface area (Å²) in [5.41, 5.74) is 0. The maximum Gasteiger partial charge on any atom is 0.123 e. The molecule has 0 saturated heterocycles. The molecule has 0 amide bonds. The molecule has 0 aliphatic carbocycles. The van der Waals surface area contributed by atoms with Gasteiger partial charge in [0.1, 0.15) is 12.6 Å². The van der Waals surface area contributed by atoms with E-state index >= 15 is 0 Å². The molecule has 0 rings (SSSR count). The van der Waals surface area contributed by atoms with Crippen LogP contribution in [0.3, 0.4) is 0 Å². The van der Waals surface area contributed by atoms with E-state index < -0.39 is 0 Å². The van der Waals surface area contributed by atoms with Gasteiger partial charge < -0.3 is 9.59 Å². The zero-order chi connectivity index (χ0) is 11.4. The van der Waals surface area contributed by atoms with Crippen molar-refractivity contribution in [2.24, 2.45) is 11.8 Å². The minimum atomic E-state index is 0.269. The van der Waals surface area contributed by atoms with Crippen molar-refractivity contribution in [2.45, 2.75) is 53.4 Å². The van der Waals surface area contributed by atoms with Crippen LogP contribution in [-0.4, -0.2) is 12.6 Å². The van der Waals surface area contributed by atoms with Crippen LogP contribution < -0.4 is 0 Å². The minimum absolute atomic E-state index is 0.269. The number of hydrogen-bond acceptors (Lipinski definition) is 2. The van der Waals surface area contributed by atoms with E-state index in [0.29, 0.717) is 5.92 Å². The average molecular weight is 200 g/mol. The first-order chi connectivity index (χ1) is 6.65. The Balaban J connectivity index is 0. The number of aldehydes is 2. The topological polar surface area (TPSA) is 34.1 Å². The van der Waals surface area contributed by atoms with Gasteiger partial charge in [-0.05, 0) is 19.3 Å². The van der Waals surface area contributed by atoms with Gasteiger partial charge in [0.2, 0.25) is 0 Å². The van der Waals surface area contributed by atoms with Gasteiger partial charge in [-0.3, -0.25) is 0 Å². The summed E-state index contributed by atoms with van der Waals surface area (Å²) in [5.74, 6) is 0.574. The molecule has 0 bridgehead atoms. The van der Waals surface area contributed by atoms with Crippen LogP contribution in [0, 0.1) is 11.8 Å². The molecule has 0 aromatic carbocycles. The normalized spacial score (nSPS) is 11.5. The van der Waals surface area contributed by atoms with Crippen molar-refractivity contribution in [3.63, 3.8) is 0 Å². The minimum Gasteiger partial charge on any atom is -0.303 e. The largest absolute Gasteiger partial charge is 0.303 e. The van der Waals surface area contributed by atoms with E-state index in [4.69, 9.17) is 0 Å². The zero-order valence-electron chi connectivity index (χ0n) is 9.95. The van der Waals surface area contributed by atoms with E-state index in [2.05, 4.69) is 6.92 Å². The third-order valence-electron chi connectivity index (χ3n) is 2.22. The van der Waals surface area contributed by atoms with Gasteiger partial charge in [-0.15, -0.1) is 0 Å². The Kier molecular flexibility index (Phi) is 13.9. The van der Waals surface area contributed by atoms with Gasteiger partial charge in [-0.25, -0.2) is 0 Å². The Morgan fingerprint density at radius 1 is 1.00 bits per heavy atom. The molecule has 0 aromatic rings. The first-order valence-corrected chi connectivity index (χ1v) is 5.56. The van der Waals surface area contributed by atoms with Crippen molar-refractivity contribution >= 4 is 12.6 Å². The van der Waals surface area contributed by atoms with E-state index in [9.17, 15) is 9.59 Å². The lowest BCUT2D eigenvalue weighted by Gasteiger charge is -1.97. The number of carbonyl (C=O) groups is 2. The molecule has 2 nitrogen and oxygen atoms in total. The van der Waals surface area contributed by atoms with Gasteiger partial charge in [0, 0.05) is 11.8 Å². The Hall–Kier alpha value is -0.660. The summed E-state index contributed by atoms with van der Waals surface area (Å²) in [6.07, 6.45) is 6.15. The molecule has 84 valence electrons. The molecule has 0 spiro atoms. The van der Waals surface area contributed by atoms with Gasteiger partial charge in [0.25, 0.3) is 0 Å². The molecular formula is C12H24O2. The van der Waals surface area contributed by atoms with Crippen molar-refractivity contribution in [2.75, 3.05) is 0 Å². The smallest absolute Gasteiger partial charge is 0.123 e. The van der Waals surface area contributed by atoms with Crippen LogP contribution in [0.2, 0.25) is 0 Å². The average Bonchev–Trinajstić information content (AvgIpc) is 2.22. The Bertz CT molecular complexity index is 128. The predicted molar refractivity (Wildman–Crippen MR) is 60.3 cm³/mol. The predicted octanol–water partition coefficient (Wildman–Crippen LogP) is 3.24. The summed E-state index contributed by atoms with van der Waals surface area (Å²) in [4.78, 5) is 19.9. The molecule has 0 fully saturated rings. The number of rotatable bonds is 6. The zero-order valence-corrected chi connectivity index (χ0v) is 9.95. The van der Waals surface area contributed by atoms with Crippen molar-refractivity contribution in [1.29, 1.82) is 0 Å². The Morgan fingerprint density at radius 3 is 1.57 bits per heavy atom. The molecule has 2 heteroatoms. The van der Waals surface area contributed by atoms with Crippen molar-refractivity contribution in [1.82, 2.24) is 0 Å². The second-order valence-electron chi connectivity index (χ2n) is 3.61. The fourth-order valence-electron chi connectivity index (χ4n) is 1.00. The second kappa shape index (κ2) is 12.3. The van der Waals surface area contributed by atoms with E-state index in [1.54, 1.807) is 0 Å². The molecule has 0 aliphatic rings. The van der Waals surface area contributed by atoms with Gasteiger partial charge in [0.15, 0.2) is 0 Å². The van der Waals surface area contributed by atoms with Gasteiger partial charge in [-0.2, -0.15) is 0 Å². The van der Waals surface area contributed by atoms with Crippen LogP contribution in [-0.2, 0) is 9.59 Å². The molecule has 1 unspecified atom stereocenters. The molecule has 0 aliphatic heterocycles. The molecule has 14 heavy (non-hydrogen) atoms. The van der Waals surface area contributed by atoms with Gasteiger partial charge >= 0.3 is 0 Å². The number of hydrogen-bond donors (Lipinski definition) is 0. The second-order valence-corrected chi connectivity index (χ2v) is 3.61. The quantitative estimate of drug-likeness (QED) is 0.617. The monoisotopic (exact) mass is 200 g/mol. The Morgan fingerprint density at radius 2 is 1.50 bits per heavy atom. The molecule has 0 N–H and O–H groups in total. The van der Waals surface area contributed by atoms with Crippen LogP contribution in [0.15, 0.2) is 0 Å². The third-order valence-corrected chi connectivity index (χ3v) is 2.22. The van der Waals surface area contributed by atoms with Crippen LogP contribution in [0.1, 0.15) is 53.4 Å². The lowest BCUT2D eigenvalue weighted by atomic mass is 10.1. The molecule has 1 atom stereocenters. The van der Waals surface area contributed by atoms with Crippen LogP contribution in [0.4, 0.5) is 0 Å². The lowest BCUT2D eigenvalue weighted by Crippen LogP contribution is -1.95. The van der Waals surface area contributed by atoms with Gasteiger partial charge in [-0.1, -0.05) is 34.1 Å². The maximum absolute atomic E-state index is 9.97. The van der Waals surface area contributed by atoms with E-state index in [0.717, 1.165) is 38.3 Å². The fourth-order valence-corrected chi connectivity index (χ4v) is 1.00. The summed E-state index contributed by atoms with van der Waals surface area (Å²) in [6, 6.07) is 0. The van der Waals surface area contributed by atoms with Crippen molar-refractivity contribution in [3.8, 4) is 0 Å². The van der Waals surface area contributed by atoms with Gasteiger partial charge in [0.05, 0.1) is 0 Å². The van der Waals surface area contributed by atoms with E-state index in [1.165, 1.54) is 0 Å². The van der Waals surface area contributed by atoms with Crippen molar-refractivity contribution < 1.29 is 9.59 Å². The SMILES string of the molecule is CCC(C=O)CC.CCCC(C)C=O. The van der Waals surface area contributed by atoms with Crippen LogP contribution in [0.25, 0.3) is 0 Å². The van der Waals surface area contributed by atoms with Crippen LogP contribution in [0.5, 0.6) is 0 Å². The molecule has 0 saturated carbocycles. The van der Waals surface area contributed by atoms with Crippen LogP contribution >= 0.6 is 0 Å². The summed E-state index contributed by atoms with van der Waals surface area (Å²) in [5, 5.41) is 0. The maximum atomic E-state index is 9.97. The highest BCUT2D eigenvalue weighted by atomic mass is 16.1. The summed E-state index contributed by atoms with van der Waals surface area (Å²) >= 11 is 0. The first kappa shape index (κ1) is 15.8. The fraction of sp³-hybridized carbons (Fsp3) is 0.833. The van der Waals surface area contributed by atoms with E-state index in [1.807, 2.05) is 20.8 Å². The highest BCUT2D eigenvalue weighted by Gasteiger charge is 1.96. The summed E-state index contributed by atoms with van der Waals surface area (Å²) in [6.45, 7) is 8.08. The lowest BCUT2D eigenvalue weighted by molar-refractivity contribution is -0.111.